The molecule has 2 N–H and O–H groups in total. The Labute approximate surface area is 133 Å². The summed E-state index contributed by atoms with van der Waals surface area (Å²) in [6.07, 6.45) is 0.845. The van der Waals surface area contributed by atoms with Gasteiger partial charge in [-0.3, -0.25) is 4.79 Å². The highest BCUT2D eigenvalue weighted by Crippen LogP contribution is 2.17. The standard InChI is InChI=1S/C17H18BrNO2/c18-15-8-6-13(7-9-15)12-17(21)19-16(10-11-20)14-4-2-1-3-5-14/h1-9,16,20H,10-12H2,(H,19,21). The lowest BCUT2D eigenvalue weighted by atomic mass is 10.0. The fourth-order valence-corrected chi connectivity index (χ4v) is 2.43. The summed E-state index contributed by atoms with van der Waals surface area (Å²) in [6.45, 7) is 0.0398. The first-order valence-corrected chi connectivity index (χ1v) is 7.68. The Kier molecular flexibility index (Phi) is 5.96. The van der Waals surface area contributed by atoms with Crippen molar-refractivity contribution < 1.29 is 9.90 Å². The van der Waals surface area contributed by atoms with Gasteiger partial charge >= 0.3 is 0 Å². The molecule has 0 radical (unpaired) electrons. The van der Waals surface area contributed by atoms with Gasteiger partial charge in [-0.15, -0.1) is 0 Å². The maximum atomic E-state index is 12.2. The summed E-state index contributed by atoms with van der Waals surface area (Å²) in [6, 6.07) is 17.3. The zero-order chi connectivity index (χ0) is 15.1. The molecule has 0 fully saturated rings. The molecular weight excluding hydrogens is 330 g/mol. The predicted octanol–water partition coefficient (Wildman–Crippen LogP) is 3.23. The molecular formula is C17H18BrNO2. The van der Waals surface area contributed by atoms with E-state index in [0.29, 0.717) is 12.8 Å². The number of halogens is 1. The Morgan fingerprint density at radius 2 is 1.76 bits per heavy atom. The van der Waals surface area contributed by atoms with Gasteiger partial charge in [0.05, 0.1) is 12.5 Å². The van der Waals surface area contributed by atoms with Gasteiger partial charge in [0.1, 0.15) is 0 Å². The molecule has 1 unspecified atom stereocenters. The Balaban J connectivity index is 2.00. The minimum atomic E-state index is -0.154. The summed E-state index contributed by atoms with van der Waals surface area (Å²) in [5, 5.41) is 12.2. The number of aliphatic hydroxyl groups is 1. The zero-order valence-electron chi connectivity index (χ0n) is 11.6. The SMILES string of the molecule is O=C(Cc1ccc(Br)cc1)NC(CCO)c1ccccc1. The minimum Gasteiger partial charge on any atom is -0.396 e. The van der Waals surface area contributed by atoms with Crippen molar-refractivity contribution in [3.05, 3.63) is 70.2 Å². The summed E-state index contributed by atoms with van der Waals surface area (Å²) >= 11 is 3.37. The van der Waals surface area contributed by atoms with Crippen LogP contribution in [0.2, 0.25) is 0 Å². The van der Waals surface area contributed by atoms with E-state index in [0.717, 1.165) is 15.6 Å². The van der Waals surface area contributed by atoms with Crippen LogP contribution in [0, 0.1) is 0 Å². The molecule has 0 aliphatic rings. The van der Waals surface area contributed by atoms with Crippen LogP contribution in [0.15, 0.2) is 59.1 Å². The Morgan fingerprint density at radius 1 is 1.10 bits per heavy atom. The number of amides is 1. The molecule has 2 rings (SSSR count). The highest BCUT2D eigenvalue weighted by Gasteiger charge is 2.14. The summed E-state index contributed by atoms with van der Waals surface area (Å²) in [4.78, 5) is 12.2. The lowest BCUT2D eigenvalue weighted by Crippen LogP contribution is -2.30. The molecule has 0 aromatic heterocycles. The van der Waals surface area contributed by atoms with Crippen LogP contribution in [0.1, 0.15) is 23.6 Å². The number of aliphatic hydroxyl groups excluding tert-OH is 1. The smallest absolute Gasteiger partial charge is 0.224 e. The van der Waals surface area contributed by atoms with Crippen molar-refractivity contribution in [2.24, 2.45) is 0 Å². The monoisotopic (exact) mass is 347 g/mol. The first kappa shape index (κ1) is 15.7. The van der Waals surface area contributed by atoms with E-state index in [1.807, 2.05) is 54.6 Å². The molecule has 0 spiro atoms. The van der Waals surface area contributed by atoms with Gasteiger partial charge in [0, 0.05) is 11.1 Å². The van der Waals surface area contributed by atoms with Gasteiger partial charge in [0.2, 0.25) is 5.91 Å². The Morgan fingerprint density at radius 3 is 2.38 bits per heavy atom. The third-order valence-corrected chi connectivity index (χ3v) is 3.76. The number of carbonyl (C=O) groups excluding carboxylic acids is 1. The van der Waals surface area contributed by atoms with Gasteiger partial charge < -0.3 is 10.4 Å². The number of benzene rings is 2. The second-order valence-electron chi connectivity index (χ2n) is 4.85. The molecule has 4 heteroatoms. The molecule has 110 valence electrons. The van der Waals surface area contributed by atoms with Crippen molar-refractivity contribution in [2.75, 3.05) is 6.61 Å². The maximum absolute atomic E-state index is 12.2. The second kappa shape index (κ2) is 7.96. The topological polar surface area (TPSA) is 49.3 Å². The van der Waals surface area contributed by atoms with Gasteiger partial charge in [0.15, 0.2) is 0 Å². The molecule has 1 amide bonds. The summed E-state index contributed by atoms with van der Waals surface area (Å²) < 4.78 is 0.995. The second-order valence-corrected chi connectivity index (χ2v) is 5.76. The summed E-state index contributed by atoms with van der Waals surface area (Å²) in [5.41, 5.74) is 1.97. The van der Waals surface area contributed by atoms with Gasteiger partial charge in [0.25, 0.3) is 0 Å². The highest BCUT2D eigenvalue weighted by atomic mass is 79.9. The quantitative estimate of drug-likeness (QED) is 0.842. The first-order valence-electron chi connectivity index (χ1n) is 6.88. The van der Waals surface area contributed by atoms with Crippen molar-refractivity contribution >= 4 is 21.8 Å². The molecule has 0 bridgehead atoms. The Bertz CT molecular complexity index is 569. The van der Waals surface area contributed by atoms with E-state index >= 15 is 0 Å². The fourth-order valence-electron chi connectivity index (χ4n) is 2.17. The average molecular weight is 348 g/mol. The largest absolute Gasteiger partial charge is 0.396 e. The maximum Gasteiger partial charge on any atom is 0.224 e. The third-order valence-electron chi connectivity index (χ3n) is 3.23. The van der Waals surface area contributed by atoms with Crippen molar-refractivity contribution in [1.29, 1.82) is 0 Å². The van der Waals surface area contributed by atoms with Crippen molar-refractivity contribution in [2.45, 2.75) is 18.9 Å². The number of nitrogens with one attached hydrogen (secondary N) is 1. The number of rotatable bonds is 6. The predicted molar refractivity (Wildman–Crippen MR) is 86.9 cm³/mol. The third kappa shape index (κ3) is 4.99. The first-order chi connectivity index (χ1) is 10.2. The van der Waals surface area contributed by atoms with E-state index in [1.165, 1.54) is 0 Å². The van der Waals surface area contributed by atoms with Crippen LogP contribution in [0.4, 0.5) is 0 Å². The fraction of sp³-hybridized carbons (Fsp3) is 0.235. The van der Waals surface area contributed by atoms with Crippen LogP contribution in [0.3, 0.4) is 0 Å². The molecule has 2 aromatic rings. The van der Waals surface area contributed by atoms with Crippen LogP contribution < -0.4 is 5.32 Å². The van der Waals surface area contributed by atoms with Crippen molar-refractivity contribution in [3.63, 3.8) is 0 Å². The van der Waals surface area contributed by atoms with E-state index in [2.05, 4.69) is 21.2 Å². The number of hydrogen-bond donors (Lipinski definition) is 2. The van der Waals surface area contributed by atoms with E-state index in [9.17, 15) is 9.90 Å². The lowest BCUT2D eigenvalue weighted by molar-refractivity contribution is -0.121. The number of hydrogen-bond acceptors (Lipinski definition) is 2. The molecule has 1 atom stereocenters. The highest BCUT2D eigenvalue weighted by molar-refractivity contribution is 9.10. The van der Waals surface area contributed by atoms with Crippen LogP contribution in [-0.2, 0) is 11.2 Å². The molecule has 0 aliphatic carbocycles. The molecule has 0 saturated carbocycles. The Hall–Kier alpha value is -1.65. The molecule has 0 heterocycles. The number of carbonyl (C=O) groups is 1. The van der Waals surface area contributed by atoms with Gasteiger partial charge in [-0.25, -0.2) is 0 Å². The molecule has 0 aliphatic heterocycles. The normalized spacial score (nSPS) is 11.9. The van der Waals surface area contributed by atoms with Crippen LogP contribution in [0.25, 0.3) is 0 Å². The van der Waals surface area contributed by atoms with E-state index < -0.39 is 0 Å². The van der Waals surface area contributed by atoms with Gasteiger partial charge in [-0.1, -0.05) is 58.4 Å². The van der Waals surface area contributed by atoms with Crippen molar-refractivity contribution in [3.8, 4) is 0 Å². The van der Waals surface area contributed by atoms with Crippen LogP contribution in [-0.4, -0.2) is 17.6 Å². The zero-order valence-corrected chi connectivity index (χ0v) is 13.2. The molecule has 0 saturated heterocycles. The van der Waals surface area contributed by atoms with E-state index in [-0.39, 0.29) is 18.6 Å². The lowest BCUT2D eigenvalue weighted by Gasteiger charge is -2.18. The molecule has 3 nitrogen and oxygen atoms in total. The summed E-state index contributed by atoms with van der Waals surface area (Å²) in [7, 11) is 0. The van der Waals surface area contributed by atoms with E-state index in [4.69, 9.17) is 0 Å². The van der Waals surface area contributed by atoms with Crippen LogP contribution in [0.5, 0.6) is 0 Å². The van der Waals surface area contributed by atoms with E-state index in [1.54, 1.807) is 0 Å². The van der Waals surface area contributed by atoms with Gasteiger partial charge in [-0.05, 0) is 29.7 Å². The van der Waals surface area contributed by atoms with Crippen molar-refractivity contribution in [1.82, 2.24) is 5.32 Å². The van der Waals surface area contributed by atoms with Gasteiger partial charge in [-0.2, -0.15) is 0 Å². The molecule has 21 heavy (non-hydrogen) atoms. The van der Waals surface area contributed by atoms with Crippen LogP contribution >= 0.6 is 15.9 Å². The average Bonchev–Trinajstić information content (AvgIpc) is 2.50. The molecule has 2 aromatic carbocycles. The minimum absolute atomic E-state index is 0.0398. The summed E-state index contributed by atoms with van der Waals surface area (Å²) in [5.74, 6) is -0.0420.